The molecule has 2 atom stereocenters. The highest BCUT2D eigenvalue weighted by atomic mass is 16.6. The summed E-state index contributed by atoms with van der Waals surface area (Å²) in [6, 6.07) is 8.81. The summed E-state index contributed by atoms with van der Waals surface area (Å²) in [5, 5.41) is 0.498. The van der Waals surface area contributed by atoms with Crippen LogP contribution in [0.4, 0.5) is 0 Å². The van der Waals surface area contributed by atoms with Crippen molar-refractivity contribution in [3.05, 3.63) is 35.9 Å². The number of benzene rings is 1. The number of aliphatic imine (C=N–C) groups is 1. The molecule has 0 heterocycles. The van der Waals surface area contributed by atoms with Crippen LogP contribution >= 0.6 is 0 Å². The average Bonchev–Trinajstić information content (AvgIpc) is 2.92. The van der Waals surface area contributed by atoms with Gasteiger partial charge in [0.1, 0.15) is 23.7 Å². The van der Waals surface area contributed by atoms with Crippen molar-refractivity contribution in [1.29, 1.82) is 0 Å². The first-order valence-electron chi connectivity index (χ1n) is 15.7. The third kappa shape index (κ3) is 15.1. The molecule has 1 aromatic carbocycles. The summed E-state index contributed by atoms with van der Waals surface area (Å²) in [6.07, 6.45) is 2.48. The Morgan fingerprint density at radius 3 is 2.00 bits per heavy atom. The molecule has 258 valence electrons. The smallest absolute Gasteiger partial charge is 0.357 e. The standard InChI is InChI=1S/C34H53N3O9/c1-31(2,3)44-22-16-15-21-34(36-24-38,30(42)43-23-25-17-11-10-12-18-25)37(35)28(40)26(29(41)46-33(7,8)9)19-13-14-20-27(39)45-32(4,5)6/h10-12,17-18,26H,13-16,19-23,35H2,1-9H3/t26-,34-/m0/s1. The molecular weight excluding hydrogens is 594 g/mol. The van der Waals surface area contributed by atoms with E-state index in [1.54, 1.807) is 71.9 Å². The Kier molecular flexibility index (Phi) is 15.8. The summed E-state index contributed by atoms with van der Waals surface area (Å²) < 4.78 is 22.2. The molecule has 0 saturated carbocycles. The molecule has 0 aliphatic heterocycles. The highest BCUT2D eigenvalue weighted by molar-refractivity contribution is 6.00. The lowest BCUT2D eigenvalue weighted by atomic mass is 9.96. The van der Waals surface area contributed by atoms with Crippen molar-refractivity contribution in [3.63, 3.8) is 0 Å². The van der Waals surface area contributed by atoms with Crippen molar-refractivity contribution >= 4 is 29.9 Å². The molecule has 0 fully saturated rings. The van der Waals surface area contributed by atoms with E-state index in [0.717, 1.165) is 0 Å². The van der Waals surface area contributed by atoms with Gasteiger partial charge in [0.2, 0.25) is 6.08 Å². The minimum absolute atomic E-state index is 0.0520. The largest absolute Gasteiger partial charge is 0.460 e. The van der Waals surface area contributed by atoms with Crippen LogP contribution in [0.15, 0.2) is 35.3 Å². The van der Waals surface area contributed by atoms with Gasteiger partial charge in [-0.05, 0) is 93.6 Å². The molecule has 0 spiro atoms. The highest BCUT2D eigenvalue weighted by Gasteiger charge is 2.50. The number of carbonyl (C=O) groups excluding carboxylic acids is 5. The number of unbranched alkanes of at least 4 members (excludes halogenated alkanes) is 2. The summed E-state index contributed by atoms with van der Waals surface area (Å²) in [6.45, 7) is 16.1. The molecule has 12 heteroatoms. The number of rotatable bonds is 17. The minimum Gasteiger partial charge on any atom is -0.460 e. The molecule has 0 aliphatic rings. The van der Waals surface area contributed by atoms with Crippen molar-refractivity contribution in [3.8, 4) is 0 Å². The van der Waals surface area contributed by atoms with E-state index in [2.05, 4.69) is 4.99 Å². The van der Waals surface area contributed by atoms with Gasteiger partial charge in [0.25, 0.3) is 11.6 Å². The van der Waals surface area contributed by atoms with Crippen molar-refractivity contribution in [1.82, 2.24) is 5.01 Å². The summed E-state index contributed by atoms with van der Waals surface area (Å²) in [5.41, 5.74) is -3.64. The zero-order valence-electron chi connectivity index (χ0n) is 29.0. The van der Waals surface area contributed by atoms with Gasteiger partial charge in [-0.3, -0.25) is 14.4 Å². The quantitative estimate of drug-likeness (QED) is 0.0270. The van der Waals surface area contributed by atoms with Gasteiger partial charge in [0.05, 0.1) is 5.60 Å². The van der Waals surface area contributed by atoms with Crippen LogP contribution in [-0.2, 0) is 49.5 Å². The molecule has 12 nitrogen and oxygen atoms in total. The lowest BCUT2D eigenvalue weighted by molar-refractivity contribution is -0.174. The molecule has 2 N–H and O–H groups in total. The summed E-state index contributed by atoms with van der Waals surface area (Å²) in [7, 11) is 0. The molecule has 1 rings (SSSR count). The third-order valence-electron chi connectivity index (χ3n) is 6.39. The fraction of sp³-hybridized carbons (Fsp3) is 0.676. The van der Waals surface area contributed by atoms with Crippen LogP contribution in [0, 0.1) is 5.92 Å². The number of nitrogens with zero attached hydrogens (tertiary/aromatic N) is 2. The van der Waals surface area contributed by atoms with Crippen molar-refractivity contribution in [2.75, 3.05) is 6.61 Å². The second-order valence-electron chi connectivity index (χ2n) is 14.1. The van der Waals surface area contributed by atoms with E-state index in [0.29, 0.717) is 30.0 Å². The summed E-state index contributed by atoms with van der Waals surface area (Å²) in [4.78, 5) is 68.7. The van der Waals surface area contributed by atoms with Gasteiger partial charge in [0, 0.05) is 19.4 Å². The van der Waals surface area contributed by atoms with Gasteiger partial charge in [0.15, 0.2) is 0 Å². The monoisotopic (exact) mass is 647 g/mol. The van der Waals surface area contributed by atoms with Crippen LogP contribution in [0.3, 0.4) is 0 Å². The number of isocyanates is 1. The second-order valence-corrected chi connectivity index (χ2v) is 14.1. The van der Waals surface area contributed by atoms with Gasteiger partial charge >= 0.3 is 17.9 Å². The lowest BCUT2D eigenvalue weighted by Crippen LogP contribution is -2.62. The SMILES string of the molecule is CC(C)(C)OCCCC[C@@](N=C=O)(C(=O)OCc1ccccc1)N(N)C(=O)[C@H](CCCCC(=O)OC(C)(C)C)C(=O)OC(C)(C)C. The van der Waals surface area contributed by atoms with E-state index in [4.69, 9.17) is 24.8 Å². The topological polar surface area (TPSA) is 164 Å². The zero-order valence-corrected chi connectivity index (χ0v) is 29.0. The number of hydrogen-bond donors (Lipinski definition) is 1. The van der Waals surface area contributed by atoms with Crippen LogP contribution in [0.1, 0.15) is 113 Å². The molecule has 46 heavy (non-hydrogen) atoms. The molecule has 0 aromatic heterocycles. The Balaban J connectivity index is 3.34. The maximum absolute atomic E-state index is 14.0. The van der Waals surface area contributed by atoms with E-state index >= 15 is 0 Å². The number of ether oxygens (including phenoxy) is 4. The Bertz CT molecular complexity index is 1190. The maximum atomic E-state index is 14.0. The Hall–Kier alpha value is -3.60. The number of hydrogen-bond acceptors (Lipinski definition) is 11. The molecular formula is C34H53N3O9. The predicted octanol–water partition coefficient (Wildman–Crippen LogP) is 5.31. The van der Waals surface area contributed by atoms with Gasteiger partial charge in [-0.2, -0.15) is 4.99 Å². The number of nitrogens with two attached hydrogens (primary N) is 1. The van der Waals surface area contributed by atoms with E-state index in [1.165, 1.54) is 6.08 Å². The Morgan fingerprint density at radius 2 is 1.46 bits per heavy atom. The van der Waals surface area contributed by atoms with Crippen LogP contribution in [-0.4, -0.2) is 64.0 Å². The van der Waals surface area contributed by atoms with Gasteiger partial charge < -0.3 is 18.9 Å². The predicted molar refractivity (Wildman–Crippen MR) is 171 cm³/mol. The van der Waals surface area contributed by atoms with Gasteiger partial charge in [-0.25, -0.2) is 20.4 Å². The number of carbonyl (C=O) groups is 4. The highest BCUT2D eigenvalue weighted by Crippen LogP contribution is 2.29. The van der Waals surface area contributed by atoms with Crippen molar-refractivity contribution < 1.29 is 42.9 Å². The number of amides is 1. The number of hydrazine groups is 1. The summed E-state index contributed by atoms with van der Waals surface area (Å²) in [5.74, 6) is 1.56. The number of esters is 3. The first kappa shape index (κ1) is 40.4. The first-order valence-corrected chi connectivity index (χ1v) is 15.7. The third-order valence-corrected chi connectivity index (χ3v) is 6.39. The molecule has 0 radical (unpaired) electrons. The fourth-order valence-electron chi connectivity index (χ4n) is 4.32. The molecule has 0 bridgehead atoms. The molecule has 0 unspecified atom stereocenters. The van der Waals surface area contributed by atoms with E-state index < -0.39 is 52.2 Å². The normalized spacial score (nSPS) is 13.9. The van der Waals surface area contributed by atoms with Crippen LogP contribution < -0.4 is 5.84 Å². The van der Waals surface area contributed by atoms with E-state index in [9.17, 15) is 24.0 Å². The molecule has 0 aliphatic carbocycles. The average molecular weight is 648 g/mol. The summed E-state index contributed by atoms with van der Waals surface area (Å²) >= 11 is 0. The zero-order chi connectivity index (χ0) is 35.2. The van der Waals surface area contributed by atoms with E-state index in [1.807, 2.05) is 20.8 Å². The lowest BCUT2D eigenvalue weighted by Gasteiger charge is -2.36. The van der Waals surface area contributed by atoms with Gasteiger partial charge in [-0.1, -0.05) is 36.8 Å². The maximum Gasteiger partial charge on any atom is 0.357 e. The van der Waals surface area contributed by atoms with Crippen LogP contribution in [0.5, 0.6) is 0 Å². The Labute approximate surface area is 273 Å². The minimum atomic E-state index is -2.31. The van der Waals surface area contributed by atoms with E-state index in [-0.39, 0.29) is 38.7 Å². The van der Waals surface area contributed by atoms with Crippen molar-refractivity contribution in [2.24, 2.45) is 16.8 Å². The van der Waals surface area contributed by atoms with Gasteiger partial charge in [-0.15, -0.1) is 0 Å². The molecule has 1 aromatic rings. The second kappa shape index (κ2) is 17.9. The fourth-order valence-corrected chi connectivity index (χ4v) is 4.32. The first-order chi connectivity index (χ1) is 21.2. The van der Waals surface area contributed by atoms with Crippen molar-refractivity contribution in [2.45, 2.75) is 136 Å². The Morgan fingerprint density at radius 1 is 0.848 bits per heavy atom. The molecule has 0 saturated heterocycles. The van der Waals surface area contributed by atoms with Crippen LogP contribution in [0.2, 0.25) is 0 Å². The molecule has 1 amide bonds. The van der Waals surface area contributed by atoms with Crippen LogP contribution in [0.25, 0.3) is 0 Å².